The third kappa shape index (κ3) is 6.47. The number of rotatable bonds is 9. The third-order valence-electron chi connectivity index (χ3n) is 3.66. The van der Waals surface area contributed by atoms with Crippen LogP contribution >= 0.6 is 23.4 Å². The molecule has 9 heteroatoms. The van der Waals surface area contributed by atoms with Crippen LogP contribution in [0.2, 0.25) is 5.02 Å². The van der Waals surface area contributed by atoms with E-state index < -0.39 is 10.0 Å². The Bertz CT molecular complexity index is 753. The van der Waals surface area contributed by atoms with Crippen LogP contribution in [0.5, 0.6) is 0 Å². The first-order valence-electron chi connectivity index (χ1n) is 8.48. The molecule has 0 saturated carbocycles. The van der Waals surface area contributed by atoms with Gasteiger partial charge in [0.2, 0.25) is 10.0 Å². The van der Waals surface area contributed by atoms with E-state index in [4.69, 9.17) is 16.9 Å². The molecule has 0 aliphatic carbocycles. The Kier molecular flexibility index (Phi) is 10.0. The zero-order chi connectivity index (χ0) is 19.6. The summed E-state index contributed by atoms with van der Waals surface area (Å²) < 4.78 is 27.6. The Morgan fingerprint density at radius 3 is 2.42 bits per heavy atom. The van der Waals surface area contributed by atoms with Crippen molar-refractivity contribution in [1.29, 1.82) is 5.26 Å². The number of amidine groups is 1. The molecule has 0 amide bonds. The van der Waals surface area contributed by atoms with E-state index in [0.29, 0.717) is 29.0 Å². The van der Waals surface area contributed by atoms with E-state index in [0.717, 1.165) is 25.7 Å². The number of sulfonamides is 1. The van der Waals surface area contributed by atoms with Crippen LogP contribution in [-0.4, -0.2) is 37.2 Å². The molecule has 0 heterocycles. The van der Waals surface area contributed by atoms with Gasteiger partial charge in [-0.3, -0.25) is 5.32 Å². The highest BCUT2D eigenvalue weighted by Gasteiger charge is 2.24. The molecule has 0 spiro atoms. The normalized spacial score (nSPS) is 12.2. The Morgan fingerprint density at radius 1 is 1.31 bits per heavy atom. The zero-order valence-electron chi connectivity index (χ0n) is 15.3. The highest BCUT2D eigenvalue weighted by Crippen LogP contribution is 2.30. The van der Waals surface area contributed by atoms with Gasteiger partial charge in [0.15, 0.2) is 11.4 Å². The van der Waals surface area contributed by atoms with Gasteiger partial charge in [0.05, 0.1) is 15.6 Å². The van der Waals surface area contributed by atoms with Crippen molar-refractivity contribution in [2.45, 2.75) is 44.4 Å². The van der Waals surface area contributed by atoms with Crippen LogP contribution in [0.1, 0.15) is 39.5 Å². The molecule has 1 rings (SSSR count). The number of nitrogens with zero attached hydrogens (tertiary/aromatic N) is 3. The number of hydrogen-bond acceptors (Lipinski definition) is 5. The van der Waals surface area contributed by atoms with Crippen LogP contribution < -0.4 is 5.32 Å². The molecule has 144 valence electrons. The first kappa shape index (κ1) is 22.8. The molecule has 6 nitrogen and oxygen atoms in total. The second kappa shape index (κ2) is 11.4. The minimum atomic E-state index is -3.63. The van der Waals surface area contributed by atoms with E-state index >= 15 is 0 Å². The minimum absolute atomic E-state index is 0.158. The molecule has 0 saturated heterocycles. The lowest BCUT2D eigenvalue weighted by molar-refractivity contribution is 0.395. The highest BCUT2D eigenvalue weighted by molar-refractivity contribution is 8.13. The predicted octanol–water partition coefficient (Wildman–Crippen LogP) is 4.35. The summed E-state index contributed by atoms with van der Waals surface area (Å²) >= 11 is 7.40. The van der Waals surface area contributed by atoms with Crippen LogP contribution in [0.4, 0.5) is 5.69 Å². The molecule has 0 fully saturated rings. The number of nitriles is 1. The first-order valence-corrected chi connectivity index (χ1v) is 11.5. The van der Waals surface area contributed by atoms with Gasteiger partial charge in [-0.05, 0) is 37.3 Å². The third-order valence-corrected chi connectivity index (χ3v) is 6.45. The fourth-order valence-corrected chi connectivity index (χ4v) is 4.23. The largest absolute Gasteiger partial charge is 0.271 e. The number of unbranched alkanes of at least 4 members (excludes halogenated alkanes) is 2. The van der Waals surface area contributed by atoms with Crippen LogP contribution in [0.3, 0.4) is 0 Å². The van der Waals surface area contributed by atoms with E-state index in [2.05, 4.69) is 10.3 Å². The quantitative estimate of drug-likeness (QED) is 0.280. The van der Waals surface area contributed by atoms with Crippen molar-refractivity contribution in [2.75, 3.05) is 19.3 Å². The van der Waals surface area contributed by atoms with E-state index in [-0.39, 0.29) is 4.90 Å². The summed E-state index contributed by atoms with van der Waals surface area (Å²) in [7, 11) is -3.63. The second-order valence-electron chi connectivity index (χ2n) is 5.58. The number of benzene rings is 1. The van der Waals surface area contributed by atoms with Gasteiger partial charge in [-0.1, -0.05) is 50.1 Å². The molecular formula is C17H25ClN4O2S2. The number of nitrogens with one attached hydrogen (secondary N) is 1. The van der Waals surface area contributed by atoms with Gasteiger partial charge < -0.3 is 0 Å². The fourth-order valence-electron chi connectivity index (χ4n) is 2.19. The van der Waals surface area contributed by atoms with Crippen LogP contribution in [-0.2, 0) is 10.0 Å². The second-order valence-corrected chi connectivity index (χ2v) is 8.72. The van der Waals surface area contributed by atoms with Crippen molar-refractivity contribution in [2.24, 2.45) is 4.99 Å². The topological polar surface area (TPSA) is 85.6 Å². The standard InChI is InChI=1S/C17H25ClN4O2S2/c1-4-6-10-22(11-7-5-2)26(23,24)14-8-9-15(18)16(12-14)21-17(25-3)20-13-19/h8-9,12H,4-7,10-11H2,1-3H3,(H,20,21). The number of aliphatic imine (C=N–C) groups is 1. The smallest absolute Gasteiger partial charge is 0.243 e. The molecule has 0 aliphatic heterocycles. The Hall–Kier alpha value is -1.27. The molecule has 0 aliphatic rings. The zero-order valence-corrected chi connectivity index (χ0v) is 17.7. The van der Waals surface area contributed by atoms with E-state index in [1.165, 1.54) is 34.3 Å². The summed E-state index contributed by atoms with van der Waals surface area (Å²) in [6, 6.07) is 4.48. The van der Waals surface area contributed by atoms with Crippen LogP contribution in [0.15, 0.2) is 28.1 Å². The Morgan fingerprint density at radius 2 is 1.92 bits per heavy atom. The summed E-state index contributed by atoms with van der Waals surface area (Å²) in [5.74, 6) is 0. The van der Waals surface area contributed by atoms with Gasteiger partial charge in [-0.15, -0.1) is 0 Å². The summed E-state index contributed by atoms with van der Waals surface area (Å²) in [5.41, 5.74) is 0.311. The first-order chi connectivity index (χ1) is 12.4. The summed E-state index contributed by atoms with van der Waals surface area (Å²) in [6.45, 7) is 5.05. The van der Waals surface area contributed by atoms with Crippen molar-refractivity contribution < 1.29 is 8.42 Å². The van der Waals surface area contributed by atoms with Gasteiger partial charge in [0, 0.05) is 13.1 Å². The minimum Gasteiger partial charge on any atom is -0.271 e. The SMILES string of the molecule is CCCCN(CCCC)S(=O)(=O)c1ccc(Cl)c(N=C(NC#N)SC)c1. The molecule has 0 unspecified atom stereocenters. The maximum atomic E-state index is 13.0. The molecular weight excluding hydrogens is 392 g/mol. The van der Waals surface area contributed by atoms with Gasteiger partial charge in [-0.25, -0.2) is 13.4 Å². The highest BCUT2D eigenvalue weighted by atomic mass is 35.5. The lowest BCUT2D eigenvalue weighted by atomic mass is 10.3. The number of thioether (sulfide) groups is 1. The Balaban J connectivity index is 3.26. The summed E-state index contributed by atoms with van der Waals surface area (Å²) in [6.07, 6.45) is 7.02. The molecule has 0 bridgehead atoms. The monoisotopic (exact) mass is 416 g/mol. The summed E-state index contributed by atoms with van der Waals surface area (Å²) in [5, 5.41) is 11.9. The van der Waals surface area contributed by atoms with Gasteiger partial charge in [0.25, 0.3) is 0 Å². The maximum absolute atomic E-state index is 13.0. The van der Waals surface area contributed by atoms with Crippen molar-refractivity contribution in [3.63, 3.8) is 0 Å². The molecule has 26 heavy (non-hydrogen) atoms. The molecule has 1 aromatic rings. The molecule has 0 aromatic heterocycles. The van der Waals surface area contributed by atoms with Gasteiger partial charge in [-0.2, -0.15) is 9.57 Å². The molecule has 0 radical (unpaired) electrons. The lowest BCUT2D eigenvalue weighted by Gasteiger charge is -2.22. The predicted molar refractivity (Wildman–Crippen MR) is 109 cm³/mol. The van der Waals surface area contributed by atoms with E-state index in [9.17, 15) is 8.42 Å². The van der Waals surface area contributed by atoms with Gasteiger partial charge >= 0.3 is 0 Å². The van der Waals surface area contributed by atoms with Crippen molar-refractivity contribution in [3.05, 3.63) is 23.2 Å². The molecule has 1 N–H and O–H groups in total. The van der Waals surface area contributed by atoms with E-state index in [1.807, 2.05) is 13.8 Å². The van der Waals surface area contributed by atoms with Crippen molar-refractivity contribution >= 4 is 44.2 Å². The van der Waals surface area contributed by atoms with Crippen molar-refractivity contribution in [3.8, 4) is 6.19 Å². The van der Waals surface area contributed by atoms with Crippen LogP contribution in [0, 0.1) is 11.5 Å². The molecule has 1 aromatic carbocycles. The average Bonchev–Trinajstić information content (AvgIpc) is 2.62. The van der Waals surface area contributed by atoms with Crippen molar-refractivity contribution in [1.82, 2.24) is 9.62 Å². The maximum Gasteiger partial charge on any atom is 0.243 e. The lowest BCUT2D eigenvalue weighted by Crippen LogP contribution is -2.33. The number of halogens is 1. The van der Waals surface area contributed by atoms with Gasteiger partial charge in [0.1, 0.15) is 0 Å². The molecule has 0 atom stereocenters. The fraction of sp³-hybridized carbons (Fsp3) is 0.529. The summed E-state index contributed by atoms with van der Waals surface area (Å²) in [4.78, 5) is 4.41. The van der Waals surface area contributed by atoms with Crippen LogP contribution in [0.25, 0.3) is 0 Å². The Labute approximate surface area is 165 Å². The van der Waals surface area contributed by atoms with E-state index in [1.54, 1.807) is 12.4 Å². The number of hydrogen-bond donors (Lipinski definition) is 1. The average molecular weight is 417 g/mol.